The molecule has 0 saturated carbocycles. The lowest BCUT2D eigenvalue weighted by Crippen LogP contribution is -2.50. The van der Waals surface area contributed by atoms with Gasteiger partial charge in [-0.25, -0.2) is 9.78 Å². The van der Waals surface area contributed by atoms with E-state index in [2.05, 4.69) is 10.3 Å². The third-order valence-corrected chi connectivity index (χ3v) is 5.90. The quantitative estimate of drug-likeness (QED) is 0.634. The number of benzene rings is 1. The van der Waals surface area contributed by atoms with Crippen LogP contribution in [0.15, 0.2) is 36.4 Å². The number of rotatable bonds is 5. The second-order valence-corrected chi connectivity index (χ2v) is 8.50. The number of nitrogens with one attached hydrogen (secondary N) is 1. The van der Waals surface area contributed by atoms with Crippen LogP contribution in [0.3, 0.4) is 0 Å². The fourth-order valence-electron chi connectivity index (χ4n) is 4.13. The number of hydrogen-bond acceptors (Lipinski definition) is 4. The van der Waals surface area contributed by atoms with Crippen molar-refractivity contribution in [3.05, 3.63) is 47.7 Å². The molecule has 3 rings (SSSR count). The summed E-state index contributed by atoms with van der Waals surface area (Å²) in [5, 5.41) is 2.69. The Morgan fingerprint density at radius 3 is 2.35 bits per heavy atom. The van der Waals surface area contributed by atoms with Crippen LogP contribution in [0.5, 0.6) is 5.88 Å². The van der Waals surface area contributed by atoms with Crippen molar-refractivity contribution < 1.29 is 27.5 Å². The van der Waals surface area contributed by atoms with Crippen LogP contribution >= 0.6 is 0 Å². The summed E-state index contributed by atoms with van der Waals surface area (Å²) in [4.78, 5) is 32.2. The zero-order valence-electron chi connectivity index (χ0n) is 19.6. The molecule has 1 saturated heterocycles. The average Bonchev–Trinajstić information content (AvgIpc) is 2.79. The second kappa shape index (κ2) is 10.3. The summed E-state index contributed by atoms with van der Waals surface area (Å²) in [6.45, 7) is 6.59. The zero-order chi connectivity index (χ0) is 25.0. The number of carbonyl (C=O) groups excluding carboxylic acids is 2. The molecule has 2 aromatic rings. The van der Waals surface area contributed by atoms with Gasteiger partial charge in [0.1, 0.15) is 11.4 Å². The standard InChI is InChI=1S/C24H29F3N4O3/c1-15(2)18-7-5-6-8-20(18)31(17-11-13-30(14-12-17)16(3)32)23(33)28-19-9-10-21(24(25,26)27)29-22(19)34-4/h5-10,15,17H,11-14H2,1-4H3,(H,28,33). The number of ether oxygens (including phenoxy) is 1. The molecule has 34 heavy (non-hydrogen) atoms. The van der Waals surface area contributed by atoms with Crippen LogP contribution in [-0.4, -0.2) is 48.1 Å². The number of hydrogen-bond donors (Lipinski definition) is 1. The van der Waals surface area contributed by atoms with Crippen molar-refractivity contribution in [1.29, 1.82) is 0 Å². The Bertz CT molecular complexity index is 1030. The van der Waals surface area contributed by atoms with Crippen molar-refractivity contribution in [2.45, 2.75) is 51.7 Å². The summed E-state index contributed by atoms with van der Waals surface area (Å²) in [6.07, 6.45) is -3.49. The number of pyridine rings is 1. The molecule has 1 aliphatic rings. The van der Waals surface area contributed by atoms with Crippen LogP contribution in [0, 0.1) is 0 Å². The van der Waals surface area contributed by atoms with Crippen molar-refractivity contribution >= 4 is 23.3 Å². The fraction of sp³-hybridized carbons (Fsp3) is 0.458. The lowest BCUT2D eigenvalue weighted by Gasteiger charge is -2.39. The Labute approximate surface area is 196 Å². The van der Waals surface area contributed by atoms with E-state index >= 15 is 0 Å². The van der Waals surface area contributed by atoms with Gasteiger partial charge in [-0.2, -0.15) is 13.2 Å². The van der Waals surface area contributed by atoms with Crippen LogP contribution in [0.2, 0.25) is 0 Å². The molecule has 0 atom stereocenters. The molecular weight excluding hydrogens is 449 g/mol. The predicted molar refractivity (Wildman–Crippen MR) is 123 cm³/mol. The molecule has 184 valence electrons. The Balaban J connectivity index is 1.96. The maximum absolute atomic E-state index is 13.6. The summed E-state index contributed by atoms with van der Waals surface area (Å²) in [5.74, 6) is -0.213. The minimum absolute atomic E-state index is 0.0161. The number of nitrogens with zero attached hydrogens (tertiary/aromatic N) is 3. The molecule has 1 aromatic heterocycles. The topological polar surface area (TPSA) is 74.8 Å². The molecule has 1 N–H and O–H groups in total. The van der Waals surface area contributed by atoms with Gasteiger partial charge in [-0.1, -0.05) is 32.0 Å². The van der Waals surface area contributed by atoms with Crippen molar-refractivity contribution in [1.82, 2.24) is 9.88 Å². The van der Waals surface area contributed by atoms with Gasteiger partial charge in [0.05, 0.1) is 7.11 Å². The molecular formula is C24H29F3N4O3. The van der Waals surface area contributed by atoms with Gasteiger partial charge in [-0.3, -0.25) is 9.69 Å². The van der Waals surface area contributed by atoms with E-state index in [4.69, 9.17) is 4.74 Å². The minimum Gasteiger partial charge on any atom is -0.480 e. The lowest BCUT2D eigenvalue weighted by molar-refractivity contribution is -0.141. The molecule has 0 radical (unpaired) electrons. The van der Waals surface area contributed by atoms with E-state index in [1.54, 1.807) is 9.80 Å². The van der Waals surface area contributed by atoms with E-state index in [1.807, 2.05) is 38.1 Å². The van der Waals surface area contributed by atoms with Crippen molar-refractivity contribution in [2.24, 2.45) is 0 Å². The summed E-state index contributed by atoms with van der Waals surface area (Å²) in [5.41, 5.74) is 0.605. The van der Waals surface area contributed by atoms with Gasteiger partial charge in [0.15, 0.2) is 0 Å². The number of amides is 3. The van der Waals surface area contributed by atoms with Gasteiger partial charge in [0, 0.05) is 31.7 Å². The van der Waals surface area contributed by atoms with Crippen LogP contribution in [0.25, 0.3) is 0 Å². The Kier molecular flexibility index (Phi) is 7.68. The van der Waals surface area contributed by atoms with E-state index in [-0.39, 0.29) is 29.4 Å². The number of alkyl halides is 3. The molecule has 1 fully saturated rings. The third-order valence-electron chi connectivity index (χ3n) is 5.90. The van der Waals surface area contributed by atoms with E-state index < -0.39 is 17.9 Å². The smallest absolute Gasteiger partial charge is 0.433 e. The van der Waals surface area contributed by atoms with Crippen molar-refractivity contribution in [3.63, 3.8) is 0 Å². The Hall–Kier alpha value is -3.30. The average molecular weight is 479 g/mol. The third kappa shape index (κ3) is 5.60. The van der Waals surface area contributed by atoms with Crippen LogP contribution in [0.4, 0.5) is 29.3 Å². The highest BCUT2D eigenvalue weighted by atomic mass is 19.4. The number of aromatic nitrogens is 1. The first-order valence-electron chi connectivity index (χ1n) is 11.1. The van der Waals surface area contributed by atoms with Gasteiger partial charge in [0.25, 0.3) is 0 Å². The fourth-order valence-corrected chi connectivity index (χ4v) is 4.13. The number of likely N-dealkylation sites (tertiary alicyclic amines) is 1. The first-order chi connectivity index (χ1) is 16.0. The summed E-state index contributed by atoms with van der Waals surface area (Å²) >= 11 is 0. The highest BCUT2D eigenvalue weighted by Gasteiger charge is 2.35. The number of halogens is 3. The van der Waals surface area contributed by atoms with Gasteiger partial charge in [-0.15, -0.1) is 0 Å². The van der Waals surface area contributed by atoms with Gasteiger partial charge in [0.2, 0.25) is 11.8 Å². The minimum atomic E-state index is -4.64. The highest BCUT2D eigenvalue weighted by molar-refractivity contribution is 6.03. The van der Waals surface area contributed by atoms with Crippen LogP contribution < -0.4 is 15.0 Å². The van der Waals surface area contributed by atoms with Crippen LogP contribution in [0.1, 0.15) is 50.8 Å². The van der Waals surface area contributed by atoms with Crippen molar-refractivity contribution in [2.75, 3.05) is 30.4 Å². The number of urea groups is 1. The maximum Gasteiger partial charge on any atom is 0.433 e. The van der Waals surface area contributed by atoms with E-state index in [0.717, 1.165) is 23.4 Å². The zero-order valence-corrected chi connectivity index (χ0v) is 19.6. The molecule has 1 aliphatic heterocycles. The number of para-hydroxylation sites is 1. The first kappa shape index (κ1) is 25.3. The monoisotopic (exact) mass is 478 g/mol. The molecule has 0 aliphatic carbocycles. The van der Waals surface area contributed by atoms with Gasteiger partial charge >= 0.3 is 12.2 Å². The Morgan fingerprint density at radius 2 is 1.79 bits per heavy atom. The SMILES string of the molecule is COc1nc(C(F)(F)F)ccc1NC(=O)N(c1ccccc1C(C)C)C1CCN(C(C)=O)CC1. The first-order valence-corrected chi connectivity index (χ1v) is 11.1. The molecule has 7 nitrogen and oxygen atoms in total. The number of piperidine rings is 1. The van der Waals surface area contributed by atoms with Crippen molar-refractivity contribution in [3.8, 4) is 5.88 Å². The largest absolute Gasteiger partial charge is 0.480 e. The van der Waals surface area contributed by atoms with Gasteiger partial charge in [-0.05, 0) is 42.5 Å². The summed E-state index contributed by atoms with van der Waals surface area (Å²) in [7, 11) is 1.20. The van der Waals surface area contributed by atoms with Gasteiger partial charge < -0.3 is 15.0 Å². The molecule has 0 unspecified atom stereocenters. The predicted octanol–water partition coefficient (Wildman–Crippen LogP) is 5.28. The number of anilines is 2. The lowest BCUT2D eigenvalue weighted by atomic mass is 9.97. The van der Waals surface area contributed by atoms with Crippen LogP contribution in [-0.2, 0) is 11.0 Å². The normalized spacial score (nSPS) is 14.8. The maximum atomic E-state index is 13.6. The molecule has 0 bridgehead atoms. The number of methoxy groups -OCH3 is 1. The second-order valence-electron chi connectivity index (χ2n) is 8.50. The number of carbonyl (C=O) groups is 2. The summed E-state index contributed by atoms with van der Waals surface area (Å²) in [6, 6.07) is 8.77. The molecule has 0 spiro atoms. The highest BCUT2D eigenvalue weighted by Crippen LogP contribution is 2.34. The van der Waals surface area contributed by atoms with E-state index in [0.29, 0.717) is 25.9 Å². The van der Waals surface area contributed by atoms with E-state index in [9.17, 15) is 22.8 Å². The van der Waals surface area contributed by atoms with E-state index in [1.165, 1.54) is 14.0 Å². The Morgan fingerprint density at radius 1 is 1.15 bits per heavy atom. The molecule has 1 aromatic carbocycles. The molecule has 2 heterocycles. The molecule has 10 heteroatoms. The molecule has 3 amide bonds. The summed E-state index contributed by atoms with van der Waals surface area (Å²) < 4.78 is 44.2.